The molecule has 3 nitrogen and oxygen atoms in total. The van der Waals surface area contributed by atoms with Crippen LogP contribution >= 0.6 is 0 Å². The molecule has 0 radical (unpaired) electrons. The summed E-state index contributed by atoms with van der Waals surface area (Å²) in [6.45, 7) is 1.26. The first-order chi connectivity index (χ1) is 7.41. The van der Waals surface area contributed by atoms with Gasteiger partial charge in [0.25, 0.3) is 0 Å². The molecular weight excluding hydrogens is 216 g/mol. The van der Waals surface area contributed by atoms with Crippen LogP contribution in [0.2, 0.25) is 0 Å². The van der Waals surface area contributed by atoms with Crippen molar-refractivity contribution < 1.29 is 18.4 Å². The second-order valence-corrected chi connectivity index (χ2v) is 3.43. The van der Waals surface area contributed by atoms with Crippen molar-refractivity contribution in [3.8, 4) is 0 Å². The summed E-state index contributed by atoms with van der Waals surface area (Å²) in [5.74, 6) is -2.25. The molecule has 1 aromatic carbocycles. The topological polar surface area (TPSA) is 37.4 Å². The lowest BCUT2D eigenvalue weighted by Crippen LogP contribution is -2.28. The van der Waals surface area contributed by atoms with Gasteiger partial charge in [0.15, 0.2) is 0 Å². The Morgan fingerprint density at radius 2 is 1.94 bits per heavy atom. The number of carbonyl (C=O) groups excluding carboxylic acids is 2. The summed E-state index contributed by atoms with van der Waals surface area (Å²) in [6, 6.07) is 2.80. The minimum absolute atomic E-state index is 0.175. The summed E-state index contributed by atoms with van der Waals surface area (Å²) < 4.78 is 26.1. The zero-order valence-electron chi connectivity index (χ0n) is 8.96. The number of amides is 1. The van der Waals surface area contributed by atoms with E-state index in [0.717, 1.165) is 23.1 Å². The first-order valence-corrected chi connectivity index (χ1v) is 4.63. The summed E-state index contributed by atoms with van der Waals surface area (Å²) in [4.78, 5) is 23.1. The van der Waals surface area contributed by atoms with E-state index < -0.39 is 17.5 Å². The number of carbonyl (C=O) groups is 2. The highest BCUT2D eigenvalue weighted by atomic mass is 19.1. The summed E-state index contributed by atoms with van der Waals surface area (Å²) >= 11 is 0. The van der Waals surface area contributed by atoms with Gasteiger partial charge in [0, 0.05) is 13.1 Å². The Morgan fingerprint density at radius 3 is 2.50 bits per heavy atom. The first-order valence-electron chi connectivity index (χ1n) is 4.63. The van der Waals surface area contributed by atoms with Crippen molar-refractivity contribution in [1.82, 2.24) is 0 Å². The number of Topliss-reactive ketones (excluding diaryl/α,β-unsaturated/α-hetero) is 1. The molecule has 1 rings (SSSR count). The molecule has 86 valence electrons. The Morgan fingerprint density at radius 1 is 1.31 bits per heavy atom. The molecule has 0 aliphatic heterocycles. The second kappa shape index (κ2) is 4.83. The fourth-order valence-corrected chi connectivity index (χ4v) is 1.21. The van der Waals surface area contributed by atoms with E-state index in [1.165, 1.54) is 14.0 Å². The normalized spacial score (nSPS) is 10.0. The van der Waals surface area contributed by atoms with Gasteiger partial charge in [-0.1, -0.05) is 0 Å². The van der Waals surface area contributed by atoms with Crippen molar-refractivity contribution in [2.24, 2.45) is 0 Å². The van der Waals surface area contributed by atoms with Crippen LogP contribution in [0.5, 0.6) is 0 Å². The van der Waals surface area contributed by atoms with Crippen molar-refractivity contribution in [2.45, 2.75) is 13.3 Å². The third-order valence-corrected chi connectivity index (χ3v) is 2.04. The molecule has 0 spiro atoms. The number of benzene rings is 1. The summed E-state index contributed by atoms with van der Waals surface area (Å²) in [5.41, 5.74) is -0.175. The predicted molar refractivity (Wildman–Crippen MR) is 55.1 cm³/mol. The molecule has 0 unspecified atom stereocenters. The molecule has 0 aromatic heterocycles. The predicted octanol–water partition coefficient (Wildman–Crippen LogP) is 1.91. The highest BCUT2D eigenvalue weighted by molar-refractivity contribution is 6.04. The van der Waals surface area contributed by atoms with Gasteiger partial charge in [0.05, 0.1) is 12.1 Å². The van der Waals surface area contributed by atoms with Crippen LogP contribution in [0.3, 0.4) is 0 Å². The van der Waals surface area contributed by atoms with Crippen LogP contribution in [-0.2, 0) is 9.59 Å². The van der Waals surface area contributed by atoms with Gasteiger partial charge in [0.1, 0.15) is 17.4 Å². The average Bonchev–Trinajstić information content (AvgIpc) is 2.19. The van der Waals surface area contributed by atoms with Crippen LogP contribution in [0.25, 0.3) is 0 Å². The molecular formula is C11H11F2NO2. The standard InChI is InChI=1S/C11H11F2NO2/c1-7(15)5-11(16)14(2)10-6-8(12)3-4-9(10)13/h3-4,6H,5H2,1-2H3. The number of hydrogen-bond acceptors (Lipinski definition) is 2. The molecule has 1 amide bonds. The Hall–Kier alpha value is -1.78. The number of hydrogen-bond donors (Lipinski definition) is 0. The number of anilines is 1. The molecule has 1 aromatic rings. The molecule has 0 N–H and O–H groups in total. The molecule has 0 fully saturated rings. The first kappa shape index (κ1) is 12.3. The van der Waals surface area contributed by atoms with Crippen molar-refractivity contribution in [3.63, 3.8) is 0 Å². The van der Waals surface area contributed by atoms with E-state index in [1.54, 1.807) is 0 Å². The van der Waals surface area contributed by atoms with Gasteiger partial charge in [-0.05, 0) is 19.1 Å². The monoisotopic (exact) mass is 227 g/mol. The smallest absolute Gasteiger partial charge is 0.234 e. The molecule has 0 heterocycles. The van der Waals surface area contributed by atoms with Crippen LogP contribution in [0, 0.1) is 11.6 Å². The second-order valence-electron chi connectivity index (χ2n) is 3.43. The van der Waals surface area contributed by atoms with Crippen molar-refractivity contribution in [1.29, 1.82) is 0 Å². The zero-order valence-corrected chi connectivity index (χ0v) is 8.96. The van der Waals surface area contributed by atoms with Gasteiger partial charge in [-0.2, -0.15) is 0 Å². The Labute approximate surface area is 91.7 Å². The van der Waals surface area contributed by atoms with Crippen LogP contribution in [-0.4, -0.2) is 18.7 Å². The molecule has 5 heteroatoms. The van der Waals surface area contributed by atoms with Crippen molar-refractivity contribution >= 4 is 17.4 Å². The zero-order chi connectivity index (χ0) is 12.3. The molecule has 0 atom stereocenters. The molecule has 0 aliphatic rings. The average molecular weight is 227 g/mol. The van der Waals surface area contributed by atoms with Crippen LogP contribution in [0.15, 0.2) is 18.2 Å². The van der Waals surface area contributed by atoms with E-state index >= 15 is 0 Å². The van der Waals surface area contributed by atoms with E-state index in [2.05, 4.69) is 0 Å². The number of ketones is 1. The van der Waals surface area contributed by atoms with E-state index in [4.69, 9.17) is 0 Å². The summed E-state index contributed by atoms with van der Waals surface area (Å²) in [5, 5.41) is 0. The highest BCUT2D eigenvalue weighted by Gasteiger charge is 2.16. The number of halogens is 2. The maximum absolute atomic E-state index is 13.3. The fourth-order valence-electron chi connectivity index (χ4n) is 1.21. The highest BCUT2D eigenvalue weighted by Crippen LogP contribution is 2.19. The maximum Gasteiger partial charge on any atom is 0.234 e. The molecule has 0 aliphatic carbocycles. The fraction of sp³-hybridized carbons (Fsp3) is 0.273. The summed E-state index contributed by atoms with van der Waals surface area (Å²) in [6.07, 6.45) is -0.327. The molecule has 16 heavy (non-hydrogen) atoms. The lowest BCUT2D eigenvalue weighted by Gasteiger charge is -2.17. The van der Waals surface area contributed by atoms with Gasteiger partial charge in [-0.25, -0.2) is 8.78 Å². The number of rotatable bonds is 3. The Balaban J connectivity index is 2.95. The van der Waals surface area contributed by atoms with Crippen LogP contribution in [0.1, 0.15) is 13.3 Å². The van der Waals surface area contributed by atoms with E-state index in [1.807, 2.05) is 0 Å². The lowest BCUT2D eigenvalue weighted by molar-refractivity contribution is -0.125. The van der Waals surface area contributed by atoms with E-state index in [9.17, 15) is 18.4 Å². The van der Waals surface area contributed by atoms with E-state index in [-0.39, 0.29) is 17.9 Å². The molecule has 0 bridgehead atoms. The minimum atomic E-state index is -0.708. The molecule has 0 saturated carbocycles. The maximum atomic E-state index is 13.3. The van der Waals surface area contributed by atoms with Gasteiger partial charge in [0.2, 0.25) is 5.91 Å². The van der Waals surface area contributed by atoms with Gasteiger partial charge >= 0.3 is 0 Å². The quantitative estimate of drug-likeness (QED) is 0.739. The van der Waals surface area contributed by atoms with Crippen LogP contribution in [0.4, 0.5) is 14.5 Å². The third kappa shape index (κ3) is 2.85. The van der Waals surface area contributed by atoms with Crippen LogP contribution < -0.4 is 4.90 Å². The van der Waals surface area contributed by atoms with Gasteiger partial charge in [-0.3, -0.25) is 9.59 Å². The van der Waals surface area contributed by atoms with Crippen molar-refractivity contribution in [3.05, 3.63) is 29.8 Å². The molecule has 0 saturated heterocycles. The van der Waals surface area contributed by atoms with Gasteiger partial charge in [-0.15, -0.1) is 0 Å². The minimum Gasteiger partial charge on any atom is -0.312 e. The van der Waals surface area contributed by atoms with E-state index in [0.29, 0.717) is 0 Å². The largest absolute Gasteiger partial charge is 0.312 e. The third-order valence-electron chi connectivity index (χ3n) is 2.04. The Kier molecular flexibility index (Phi) is 3.71. The number of nitrogens with zero attached hydrogens (tertiary/aromatic N) is 1. The SMILES string of the molecule is CC(=O)CC(=O)N(C)c1cc(F)ccc1F. The lowest BCUT2D eigenvalue weighted by atomic mass is 10.2. The van der Waals surface area contributed by atoms with Gasteiger partial charge < -0.3 is 4.90 Å². The Bertz CT molecular complexity index is 432. The van der Waals surface area contributed by atoms with Crippen molar-refractivity contribution in [2.75, 3.05) is 11.9 Å². The summed E-state index contributed by atoms with van der Waals surface area (Å²) in [7, 11) is 1.29.